The number of hydrogen-bond donors (Lipinski definition) is 3. The summed E-state index contributed by atoms with van der Waals surface area (Å²) in [4.78, 5) is 31.9. The minimum Gasteiger partial charge on any atom is -0.457 e. The summed E-state index contributed by atoms with van der Waals surface area (Å²) >= 11 is 13.2. The van der Waals surface area contributed by atoms with Crippen molar-refractivity contribution in [3.05, 3.63) is 136 Å². The maximum absolute atomic E-state index is 17.3. The number of imidazole rings is 1. The summed E-state index contributed by atoms with van der Waals surface area (Å²) in [6.45, 7) is 8.97. The number of likely N-dealkylation sites (N-methyl/N-ethyl adjacent to an activating group) is 2. The molecule has 5 fully saturated rings. The number of ketones is 1. The first kappa shape index (κ1) is 49.4. The predicted molar refractivity (Wildman–Crippen MR) is 280 cm³/mol. The Labute approximate surface area is 425 Å². The molecule has 5 aliphatic rings. The normalized spacial score (nSPS) is 32.4. The number of carbonyl (C=O) groups is 1. The third kappa shape index (κ3) is 8.35. The van der Waals surface area contributed by atoms with Gasteiger partial charge in [-0.1, -0.05) is 78.7 Å². The third-order valence-electron chi connectivity index (χ3n) is 17.8. The second kappa shape index (κ2) is 19.7. The van der Waals surface area contributed by atoms with Crippen LogP contribution in [0.5, 0.6) is 11.5 Å². The van der Waals surface area contributed by atoms with E-state index < -0.39 is 10.8 Å². The molecule has 5 heterocycles. The molecule has 372 valence electrons. The van der Waals surface area contributed by atoms with Gasteiger partial charge in [0.25, 0.3) is 0 Å². The Bertz CT molecular complexity index is 2650. The molecule has 10 rings (SSSR count). The smallest absolute Gasteiger partial charge is 0.153 e. The van der Waals surface area contributed by atoms with Gasteiger partial charge in [0.15, 0.2) is 5.78 Å². The first-order valence-electron chi connectivity index (χ1n) is 25.5. The zero-order valence-electron chi connectivity index (χ0n) is 42.2. The molecule has 7 unspecified atom stereocenters. The summed E-state index contributed by atoms with van der Waals surface area (Å²) < 4.78 is 9.02. The number of rotatable bonds is 13. The summed E-state index contributed by atoms with van der Waals surface area (Å²) in [6, 6.07) is 32.4. The highest BCUT2D eigenvalue weighted by Crippen LogP contribution is 2.62. The highest BCUT2D eigenvalue weighted by atomic mass is 35.5. The number of carbonyl (C=O) groups excluding carboxylic acids is 1. The molecule has 0 amide bonds. The first-order valence-corrected chi connectivity index (χ1v) is 26.3. The maximum atomic E-state index is 17.3. The van der Waals surface area contributed by atoms with E-state index in [1.807, 2.05) is 42.6 Å². The Morgan fingerprint density at radius 2 is 1.59 bits per heavy atom. The summed E-state index contributed by atoms with van der Waals surface area (Å²) in [7, 11) is 10.7. The number of aliphatic hydroxyl groups is 1. The van der Waals surface area contributed by atoms with Gasteiger partial charge in [0, 0.05) is 95.7 Å². The van der Waals surface area contributed by atoms with Crippen LogP contribution in [-0.2, 0) is 37.8 Å². The van der Waals surface area contributed by atoms with Gasteiger partial charge in [-0.3, -0.25) is 19.5 Å². The van der Waals surface area contributed by atoms with Gasteiger partial charge < -0.3 is 29.9 Å². The Balaban J connectivity index is 1.08. The van der Waals surface area contributed by atoms with Crippen LogP contribution in [0, 0.1) is 16.7 Å². The van der Waals surface area contributed by atoms with Gasteiger partial charge in [0.05, 0.1) is 35.9 Å². The molecular formula is C57H72Cl2N8O3. The number of hydrogen-bond acceptors (Lipinski definition) is 10. The summed E-state index contributed by atoms with van der Waals surface area (Å²) in [6.07, 6.45) is 6.01. The monoisotopic (exact) mass is 987 g/mol. The number of aliphatic hydroxyl groups excluding tert-OH is 1. The maximum Gasteiger partial charge on any atom is 0.153 e. The van der Waals surface area contributed by atoms with Crippen LogP contribution < -0.4 is 15.4 Å². The van der Waals surface area contributed by atoms with E-state index in [4.69, 9.17) is 32.9 Å². The average molecular weight is 988 g/mol. The molecule has 1 aliphatic carbocycles. The van der Waals surface area contributed by atoms with Gasteiger partial charge >= 0.3 is 0 Å². The van der Waals surface area contributed by atoms with Crippen LogP contribution in [0.2, 0.25) is 10.0 Å². The van der Waals surface area contributed by atoms with Gasteiger partial charge in [-0.2, -0.15) is 0 Å². The van der Waals surface area contributed by atoms with Crippen LogP contribution >= 0.6 is 23.2 Å². The van der Waals surface area contributed by atoms with Gasteiger partial charge in [0.1, 0.15) is 17.3 Å². The van der Waals surface area contributed by atoms with Crippen LogP contribution in [0.4, 0.5) is 0 Å². The minimum atomic E-state index is -0.853. The zero-order chi connectivity index (χ0) is 49.2. The molecule has 5 aromatic rings. The predicted octanol–water partition coefficient (Wildman–Crippen LogP) is 8.34. The topological polar surface area (TPSA) is 101 Å². The van der Waals surface area contributed by atoms with Crippen molar-refractivity contribution in [1.29, 1.82) is 0 Å². The van der Waals surface area contributed by atoms with Gasteiger partial charge in [-0.05, 0) is 140 Å². The van der Waals surface area contributed by atoms with Crippen molar-refractivity contribution in [1.82, 2.24) is 39.8 Å². The van der Waals surface area contributed by atoms with Gasteiger partial charge in [-0.25, -0.2) is 4.98 Å². The first-order chi connectivity index (χ1) is 33.7. The fraction of sp³-hybridized carbons (Fsp3) is 0.509. The molecule has 4 aromatic carbocycles. The Morgan fingerprint density at radius 1 is 0.871 bits per heavy atom. The lowest BCUT2D eigenvalue weighted by Crippen LogP contribution is -2.73. The van der Waals surface area contributed by atoms with E-state index in [0.717, 1.165) is 66.4 Å². The standard InChI is InChI=1S/C57H72Cl2N8O3/c1-9-56-50-27-41(25-37-13-11-10-12-14-37)53(56)64(6)35(2)30-60-49-29-44(26-38-15-20-42(58)21-16-38)65(7)54-46(34-68)62-52(57(49,54)55(56)69)36(3)67(50)32-40-17-22-43(59)28-48(40)70-45-23-18-39(19-24-45)47-31-61-51(66(47)8)33-63(4)5/h10-24,28,31,35-36,41,44,46,49-50,52-54,60,62,68H,9,25-27,29-30,32-34H2,1-8H3/t35-,36-,41+,44-,46+,49?,50?,52?,53?,54?,56?,57?/m0/s1. The molecule has 11 nitrogen and oxygen atoms in total. The third-order valence-corrected chi connectivity index (χ3v) is 18.3. The van der Waals surface area contributed by atoms with Crippen molar-refractivity contribution in [2.75, 3.05) is 41.3 Å². The lowest BCUT2D eigenvalue weighted by atomic mass is 9.54. The summed E-state index contributed by atoms with van der Waals surface area (Å²) in [5, 5.41) is 21.1. The Kier molecular flexibility index (Phi) is 13.9. The number of nitrogens with one attached hydrogen (secondary N) is 2. The molecular weight excluding hydrogens is 916 g/mol. The van der Waals surface area contributed by atoms with Crippen LogP contribution in [0.3, 0.4) is 0 Å². The van der Waals surface area contributed by atoms with E-state index in [9.17, 15) is 5.11 Å². The summed E-state index contributed by atoms with van der Waals surface area (Å²) in [5.74, 6) is 2.99. The van der Waals surface area contributed by atoms with E-state index in [1.54, 1.807) is 0 Å². The van der Waals surface area contributed by atoms with Crippen LogP contribution in [0.25, 0.3) is 11.3 Å². The lowest BCUT2D eigenvalue weighted by molar-refractivity contribution is -0.154. The molecule has 12 atom stereocenters. The SMILES string of the molecule is CCC12C(=O)C34C5C[C@H](Cc6ccc(Cl)cc6)N(C)C3[C@@H](CO)NC4[C@H](C)N(Cc3ccc(Cl)cc3Oc3ccc(-c4cnc(CN(C)C)n4C)cc3)C1C[C@@H](Cc1ccccc1)C2N(C)[C@@H](C)CN5. The molecule has 0 radical (unpaired) electrons. The number of ether oxygens (including phenoxy) is 1. The van der Waals surface area contributed by atoms with Crippen molar-refractivity contribution in [2.24, 2.45) is 23.8 Å². The van der Waals surface area contributed by atoms with E-state index in [0.29, 0.717) is 35.3 Å². The van der Waals surface area contributed by atoms with Crippen molar-refractivity contribution in [3.63, 3.8) is 0 Å². The molecule has 1 aromatic heterocycles. The van der Waals surface area contributed by atoms with E-state index in [1.165, 1.54) is 11.1 Å². The van der Waals surface area contributed by atoms with Crippen LogP contribution in [-0.4, -0.2) is 136 Å². The Morgan fingerprint density at radius 3 is 2.29 bits per heavy atom. The fourth-order valence-corrected chi connectivity index (χ4v) is 14.8. The van der Waals surface area contributed by atoms with Crippen molar-refractivity contribution < 1.29 is 14.6 Å². The molecule has 70 heavy (non-hydrogen) atoms. The molecule has 13 heteroatoms. The number of likely N-dealkylation sites (tertiary alicyclic amines) is 2. The average Bonchev–Trinajstić information content (AvgIpc) is 4.00. The summed E-state index contributed by atoms with van der Waals surface area (Å²) in [5.41, 5.74) is 4.03. The molecule has 1 spiro atoms. The van der Waals surface area contributed by atoms with Crippen molar-refractivity contribution in [2.45, 2.75) is 120 Å². The molecule has 4 saturated heterocycles. The number of benzene rings is 4. The quantitative estimate of drug-likeness (QED) is 0.107. The van der Waals surface area contributed by atoms with E-state index in [-0.39, 0.29) is 66.9 Å². The largest absolute Gasteiger partial charge is 0.457 e. The van der Waals surface area contributed by atoms with E-state index in [2.05, 4.69) is 151 Å². The van der Waals surface area contributed by atoms with E-state index >= 15 is 4.79 Å². The van der Waals surface area contributed by atoms with Crippen LogP contribution in [0.1, 0.15) is 62.5 Å². The number of piperidine rings is 1. The second-order valence-electron chi connectivity index (χ2n) is 21.7. The molecule has 4 aliphatic heterocycles. The molecule has 1 saturated carbocycles. The van der Waals surface area contributed by atoms with Crippen LogP contribution in [0.15, 0.2) is 103 Å². The second-order valence-corrected chi connectivity index (χ2v) is 22.6. The van der Waals surface area contributed by atoms with Crippen molar-refractivity contribution >= 4 is 29.0 Å². The number of aromatic nitrogens is 2. The molecule has 3 N–H and O–H groups in total. The van der Waals surface area contributed by atoms with Gasteiger partial charge in [0.2, 0.25) is 0 Å². The Hall–Kier alpha value is -4.14. The highest BCUT2D eigenvalue weighted by molar-refractivity contribution is 6.31. The van der Waals surface area contributed by atoms with Crippen molar-refractivity contribution in [3.8, 4) is 22.8 Å². The number of Topliss-reactive ketones (excluding diaryl/α,β-unsaturated/α-hetero) is 1. The molecule has 2 bridgehead atoms. The lowest BCUT2D eigenvalue weighted by Gasteiger charge is -2.57. The number of nitrogens with zero attached hydrogens (tertiary/aromatic N) is 6. The van der Waals surface area contributed by atoms with Gasteiger partial charge in [-0.15, -0.1) is 0 Å². The minimum absolute atomic E-state index is 0.0302. The fourth-order valence-electron chi connectivity index (χ4n) is 14.5. The highest BCUT2D eigenvalue weighted by Gasteiger charge is 2.77. The zero-order valence-corrected chi connectivity index (χ0v) is 43.7. The number of halogens is 2.